The molecule has 0 heterocycles. The Hall–Kier alpha value is -1.50. The highest BCUT2D eigenvalue weighted by molar-refractivity contribution is 5.88. The summed E-state index contributed by atoms with van der Waals surface area (Å²) < 4.78 is 0. The normalized spacial score (nSPS) is 10.2. The lowest BCUT2D eigenvalue weighted by Gasteiger charge is -2.12. The monoisotopic (exact) mass is 230 g/mol. The maximum atomic E-state index is 9.85. The number of aryl methyl sites for hydroxylation is 1. The second-order valence-corrected chi connectivity index (χ2v) is 4.38. The summed E-state index contributed by atoms with van der Waals surface area (Å²) >= 11 is 0. The molecule has 1 heteroatoms. The molecule has 0 saturated carbocycles. The smallest absolute Gasteiger partial charge is 0.119 e. The van der Waals surface area contributed by atoms with Gasteiger partial charge < -0.3 is 5.11 Å². The summed E-state index contributed by atoms with van der Waals surface area (Å²) in [6.45, 7) is 10.3. The molecule has 0 bridgehead atoms. The van der Waals surface area contributed by atoms with Crippen molar-refractivity contribution in [2.24, 2.45) is 0 Å². The van der Waals surface area contributed by atoms with Gasteiger partial charge in [0.15, 0.2) is 0 Å². The third-order valence-corrected chi connectivity index (χ3v) is 2.77. The molecular weight excluding hydrogens is 208 g/mol. The Bertz CT molecular complexity index is 498. The van der Waals surface area contributed by atoms with Gasteiger partial charge in [-0.1, -0.05) is 57.5 Å². The summed E-state index contributed by atoms with van der Waals surface area (Å²) in [5, 5.41) is 12.2. The van der Waals surface area contributed by atoms with Crippen molar-refractivity contribution in [2.45, 2.75) is 40.5 Å². The van der Waals surface area contributed by atoms with E-state index in [1.54, 1.807) is 6.07 Å². The predicted octanol–water partition coefficient (Wildman–Crippen LogP) is 5.00. The minimum atomic E-state index is 0.344. The quantitative estimate of drug-likeness (QED) is 0.730. The van der Waals surface area contributed by atoms with Crippen molar-refractivity contribution in [1.29, 1.82) is 0 Å². The van der Waals surface area contributed by atoms with Crippen LogP contribution in [0.5, 0.6) is 5.75 Å². The lowest BCUT2D eigenvalue weighted by atomic mass is 9.94. The van der Waals surface area contributed by atoms with Crippen LogP contribution in [0, 0.1) is 6.92 Å². The highest BCUT2D eigenvalue weighted by Gasteiger charge is 2.10. The van der Waals surface area contributed by atoms with Crippen molar-refractivity contribution < 1.29 is 5.11 Å². The number of rotatable bonds is 1. The molecule has 2 aromatic rings. The molecule has 2 rings (SSSR count). The summed E-state index contributed by atoms with van der Waals surface area (Å²) in [6.07, 6.45) is 0. The van der Waals surface area contributed by atoms with E-state index in [1.165, 1.54) is 10.9 Å². The average Bonchev–Trinajstić information content (AvgIpc) is 2.31. The van der Waals surface area contributed by atoms with Gasteiger partial charge in [0.05, 0.1) is 0 Å². The van der Waals surface area contributed by atoms with Crippen LogP contribution in [0.4, 0.5) is 0 Å². The van der Waals surface area contributed by atoms with E-state index in [2.05, 4.69) is 39.0 Å². The summed E-state index contributed by atoms with van der Waals surface area (Å²) in [6, 6.07) is 10.1. The molecule has 0 unspecified atom stereocenters. The Labute approximate surface area is 104 Å². The van der Waals surface area contributed by atoms with Gasteiger partial charge in [-0.25, -0.2) is 0 Å². The van der Waals surface area contributed by atoms with Crippen LogP contribution in [0.25, 0.3) is 10.8 Å². The zero-order chi connectivity index (χ0) is 13.0. The van der Waals surface area contributed by atoms with Crippen LogP contribution in [0.3, 0.4) is 0 Å². The van der Waals surface area contributed by atoms with E-state index in [9.17, 15) is 5.11 Å². The van der Waals surface area contributed by atoms with E-state index in [-0.39, 0.29) is 0 Å². The largest absolute Gasteiger partial charge is 0.508 e. The van der Waals surface area contributed by atoms with Crippen molar-refractivity contribution in [3.8, 4) is 5.75 Å². The van der Waals surface area contributed by atoms with Crippen LogP contribution in [0.1, 0.15) is 44.7 Å². The molecule has 0 aliphatic carbocycles. The molecule has 0 spiro atoms. The highest BCUT2D eigenvalue weighted by Crippen LogP contribution is 2.33. The molecule has 1 N–H and O–H groups in total. The zero-order valence-corrected chi connectivity index (χ0v) is 11.4. The molecule has 2 aromatic carbocycles. The third kappa shape index (κ3) is 2.79. The SMILES string of the molecule is CC.Cc1ccc2c(C(C)C)c(O)ccc2c1. The van der Waals surface area contributed by atoms with Crippen molar-refractivity contribution in [1.82, 2.24) is 0 Å². The average molecular weight is 230 g/mol. The summed E-state index contributed by atoms with van der Waals surface area (Å²) in [5.74, 6) is 0.748. The fourth-order valence-corrected chi connectivity index (χ4v) is 2.07. The number of fused-ring (bicyclic) bond motifs is 1. The fourth-order valence-electron chi connectivity index (χ4n) is 2.07. The number of hydrogen-bond donors (Lipinski definition) is 1. The molecular formula is C16H22O. The molecule has 0 aromatic heterocycles. The van der Waals surface area contributed by atoms with Crippen LogP contribution in [0.2, 0.25) is 0 Å². The van der Waals surface area contributed by atoms with E-state index in [4.69, 9.17) is 0 Å². The van der Waals surface area contributed by atoms with E-state index < -0.39 is 0 Å². The van der Waals surface area contributed by atoms with Crippen LogP contribution in [-0.2, 0) is 0 Å². The van der Waals surface area contributed by atoms with Crippen molar-refractivity contribution >= 4 is 10.8 Å². The zero-order valence-electron chi connectivity index (χ0n) is 11.4. The second-order valence-electron chi connectivity index (χ2n) is 4.38. The summed E-state index contributed by atoms with van der Waals surface area (Å²) in [5.41, 5.74) is 2.30. The van der Waals surface area contributed by atoms with Crippen molar-refractivity contribution in [3.63, 3.8) is 0 Å². The fraction of sp³-hybridized carbons (Fsp3) is 0.375. The van der Waals surface area contributed by atoms with Gasteiger partial charge in [-0.05, 0) is 29.7 Å². The van der Waals surface area contributed by atoms with Gasteiger partial charge >= 0.3 is 0 Å². The second kappa shape index (κ2) is 5.72. The Kier molecular flexibility index (Phi) is 4.56. The van der Waals surface area contributed by atoms with Gasteiger partial charge in [0.25, 0.3) is 0 Å². The van der Waals surface area contributed by atoms with Gasteiger partial charge in [0, 0.05) is 5.56 Å². The number of aromatic hydroxyl groups is 1. The first kappa shape index (κ1) is 13.6. The number of phenols is 1. The Morgan fingerprint density at radius 1 is 1.00 bits per heavy atom. The number of benzene rings is 2. The molecule has 17 heavy (non-hydrogen) atoms. The van der Waals surface area contributed by atoms with Crippen LogP contribution >= 0.6 is 0 Å². The molecule has 0 aliphatic rings. The van der Waals surface area contributed by atoms with Gasteiger partial charge in [0.1, 0.15) is 5.75 Å². The minimum Gasteiger partial charge on any atom is -0.508 e. The van der Waals surface area contributed by atoms with Crippen molar-refractivity contribution in [2.75, 3.05) is 0 Å². The Morgan fingerprint density at radius 3 is 2.24 bits per heavy atom. The highest BCUT2D eigenvalue weighted by atomic mass is 16.3. The van der Waals surface area contributed by atoms with Gasteiger partial charge in [-0.2, -0.15) is 0 Å². The first-order valence-electron chi connectivity index (χ1n) is 6.32. The molecule has 0 fully saturated rings. The van der Waals surface area contributed by atoms with Crippen LogP contribution in [-0.4, -0.2) is 5.11 Å². The van der Waals surface area contributed by atoms with E-state index in [0.29, 0.717) is 11.7 Å². The number of hydrogen-bond acceptors (Lipinski definition) is 1. The topological polar surface area (TPSA) is 20.2 Å². The summed E-state index contributed by atoms with van der Waals surface area (Å²) in [7, 11) is 0. The van der Waals surface area contributed by atoms with Crippen molar-refractivity contribution in [3.05, 3.63) is 41.5 Å². The van der Waals surface area contributed by atoms with Crippen LogP contribution < -0.4 is 0 Å². The Morgan fingerprint density at radius 2 is 1.65 bits per heavy atom. The van der Waals surface area contributed by atoms with E-state index in [0.717, 1.165) is 10.9 Å². The molecule has 1 nitrogen and oxygen atoms in total. The first-order valence-corrected chi connectivity index (χ1v) is 6.32. The number of phenolic OH excluding ortho intramolecular Hbond substituents is 1. The molecule has 0 radical (unpaired) electrons. The molecule has 0 amide bonds. The van der Waals surface area contributed by atoms with Crippen LogP contribution in [0.15, 0.2) is 30.3 Å². The lowest BCUT2D eigenvalue weighted by molar-refractivity contribution is 0.466. The predicted molar refractivity (Wildman–Crippen MR) is 75.8 cm³/mol. The van der Waals surface area contributed by atoms with Gasteiger partial charge in [-0.3, -0.25) is 0 Å². The first-order chi connectivity index (χ1) is 8.09. The Balaban J connectivity index is 0.000000686. The molecule has 0 saturated heterocycles. The third-order valence-electron chi connectivity index (χ3n) is 2.77. The lowest BCUT2D eigenvalue weighted by Crippen LogP contribution is -1.90. The molecule has 0 aliphatic heterocycles. The maximum Gasteiger partial charge on any atom is 0.119 e. The minimum absolute atomic E-state index is 0.344. The van der Waals surface area contributed by atoms with E-state index >= 15 is 0 Å². The maximum absolute atomic E-state index is 9.85. The van der Waals surface area contributed by atoms with E-state index in [1.807, 2.05) is 19.9 Å². The van der Waals surface area contributed by atoms with Gasteiger partial charge in [-0.15, -0.1) is 0 Å². The van der Waals surface area contributed by atoms with Gasteiger partial charge in [0.2, 0.25) is 0 Å². The molecule has 92 valence electrons. The molecule has 0 atom stereocenters. The standard InChI is InChI=1S/C14H16O.C2H6/c1-9(2)14-12-6-4-10(3)8-11(12)5-7-13(14)15;1-2/h4-9,15H,1-3H3;1-2H3. The summed E-state index contributed by atoms with van der Waals surface area (Å²) in [4.78, 5) is 0.